The summed E-state index contributed by atoms with van der Waals surface area (Å²) in [6.07, 6.45) is 7.02. The predicted molar refractivity (Wildman–Crippen MR) is 118 cm³/mol. The zero-order valence-corrected chi connectivity index (χ0v) is 18.2. The average Bonchev–Trinajstić information content (AvgIpc) is 2.69. The van der Waals surface area contributed by atoms with Gasteiger partial charge in [0, 0.05) is 64.6 Å². The van der Waals surface area contributed by atoms with Crippen molar-refractivity contribution >= 4 is 11.8 Å². The smallest absolute Gasteiger partial charge is 0.193 e. The number of piperidine rings is 1. The Morgan fingerprint density at radius 2 is 2.04 bits per heavy atom. The third-order valence-electron chi connectivity index (χ3n) is 6.25. The molecule has 6 heteroatoms. The molecule has 1 aromatic rings. The Kier molecular flexibility index (Phi) is 7.16. The molecule has 2 aliphatic heterocycles. The van der Waals surface area contributed by atoms with Crippen molar-refractivity contribution in [1.29, 1.82) is 0 Å². The number of likely N-dealkylation sites (N-methyl/N-ethyl adjacent to an activating group) is 1. The normalized spacial score (nSPS) is 24.5. The van der Waals surface area contributed by atoms with E-state index in [0.717, 1.165) is 57.6 Å². The SMILES string of the molecule is CCCC1(C)CCCN(C(=NC)NCc2cccnc2N2CCN(C)CC2)C1. The van der Waals surface area contributed by atoms with E-state index >= 15 is 0 Å². The van der Waals surface area contributed by atoms with Gasteiger partial charge in [0.05, 0.1) is 0 Å². The summed E-state index contributed by atoms with van der Waals surface area (Å²) < 4.78 is 0. The molecule has 0 spiro atoms. The van der Waals surface area contributed by atoms with Crippen molar-refractivity contribution in [3.8, 4) is 0 Å². The van der Waals surface area contributed by atoms with Crippen LogP contribution in [-0.2, 0) is 6.54 Å². The number of hydrogen-bond donors (Lipinski definition) is 1. The highest BCUT2D eigenvalue weighted by Gasteiger charge is 2.31. The van der Waals surface area contributed by atoms with Crippen molar-refractivity contribution < 1.29 is 0 Å². The summed E-state index contributed by atoms with van der Waals surface area (Å²) in [5, 5.41) is 3.62. The Labute approximate surface area is 171 Å². The molecule has 2 fully saturated rings. The molecule has 1 aromatic heterocycles. The molecular weight excluding hydrogens is 348 g/mol. The number of aliphatic imine (C=N–C) groups is 1. The van der Waals surface area contributed by atoms with Gasteiger partial charge in [0.25, 0.3) is 0 Å². The predicted octanol–water partition coefficient (Wildman–Crippen LogP) is 2.81. The molecule has 3 heterocycles. The number of pyridine rings is 1. The molecule has 156 valence electrons. The summed E-state index contributed by atoms with van der Waals surface area (Å²) in [4.78, 5) is 16.5. The minimum absolute atomic E-state index is 0.407. The van der Waals surface area contributed by atoms with Crippen LogP contribution in [0.4, 0.5) is 5.82 Å². The monoisotopic (exact) mass is 386 g/mol. The molecule has 0 saturated carbocycles. The second-order valence-electron chi connectivity index (χ2n) is 8.76. The van der Waals surface area contributed by atoms with E-state index in [1.54, 1.807) is 0 Å². The van der Waals surface area contributed by atoms with Crippen LogP contribution in [0.5, 0.6) is 0 Å². The van der Waals surface area contributed by atoms with Gasteiger partial charge in [-0.15, -0.1) is 0 Å². The molecule has 1 atom stereocenters. The lowest BCUT2D eigenvalue weighted by atomic mass is 9.78. The van der Waals surface area contributed by atoms with Crippen molar-refractivity contribution in [1.82, 2.24) is 20.1 Å². The Bertz CT molecular complexity index is 648. The van der Waals surface area contributed by atoms with E-state index in [4.69, 9.17) is 4.98 Å². The standard InChI is InChI=1S/C22H38N6/c1-5-9-22(2)10-7-12-28(18-22)21(23-3)25-17-19-8-6-11-24-20(19)27-15-13-26(4)14-16-27/h6,8,11H,5,7,9-10,12-18H2,1-4H3,(H,23,25). The average molecular weight is 387 g/mol. The third-order valence-corrected chi connectivity index (χ3v) is 6.25. The van der Waals surface area contributed by atoms with Crippen molar-refractivity contribution in [2.45, 2.75) is 46.1 Å². The van der Waals surface area contributed by atoms with E-state index in [1.807, 2.05) is 19.3 Å². The first-order valence-electron chi connectivity index (χ1n) is 10.9. The van der Waals surface area contributed by atoms with Crippen LogP contribution in [0.2, 0.25) is 0 Å². The fraction of sp³-hybridized carbons (Fsp3) is 0.727. The maximum Gasteiger partial charge on any atom is 0.193 e. The lowest BCUT2D eigenvalue weighted by Gasteiger charge is -2.42. The highest BCUT2D eigenvalue weighted by molar-refractivity contribution is 5.80. The molecular formula is C22H38N6. The van der Waals surface area contributed by atoms with Gasteiger partial charge in [-0.05, 0) is 37.8 Å². The second-order valence-corrected chi connectivity index (χ2v) is 8.76. The summed E-state index contributed by atoms with van der Waals surface area (Å²) in [5.74, 6) is 2.14. The molecule has 0 bridgehead atoms. The Balaban J connectivity index is 1.64. The summed E-state index contributed by atoms with van der Waals surface area (Å²) in [7, 11) is 4.09. The maximum atomic E-state index is 4.71. The first kappa shape index (κ1) is 20.9. The molecule has 0 radical (unpaired) electrons. The van der Waals surface area contributed by atoms with Crippen molar-refractivity contribution in [2.75, 3.05) is 58.3 Å². The Hall–Kier alpha value is -1.82. The molecule has 3 rings (SSSR count). The Morgan fingerprint density at radius 3 is 2.75 bits per heavy atom. The van der Waals surface area contributed by atoms with Gasteiger partial charge < -0.3 is 20.0 Å². The minimum Gasteiger partial charge on any atom is -0.354 e. The van der Waals surface area contributed by atoms with Gasteiger partial charge in [0.1, 0.15) is 5.82 Å². The molecule has 2 saturated heterocycles. The first-order chi connectivity index (χ1) is 13.5. The van der Waals surface area contributed by atoms with Crippen LogP contribution >= 0.6 is 0 Å². The van der Waals surface area contributed by atoms with Crippen LogP contribution in [0.15, 0.2) is 23.3 Å². The number of nitrogens with one attached hydrogen (secondary N) is 1. The van der Waals surface area contributed by atoms with Gasteiger partial charge in [-0.25, -0.2) is 4.98 Å². The van der Waals surface area contributed by atoms with Crippen LogP contribution in [0, 0.1) is 5.41 Å². The van der Waals surface area contributed by atoms with E-state index in [9.17, 15) is 0 Å². The van der Waals surface area contributed by atoms with E-state index in [1.165, 1.54) is 31.2 Å². The molecule has 1 N–H and O–H groups in total. The summed E-state index contributed by atoms with van der Waals surface area (Å²) in [6, 6.07) is 4.23. The number of hydrogen-bond acceptors (Lipinski definition) is 4. The van der Waals surface area contributed by atoms with Gasteiger partial charge in [0.15, 0.2) is 5.96 Å². The third kappa shape index (κ3) is 5.16. The number of aromatic nitrogens is 1. The number of guanidine groups is 1. The van der Waals surface area contributed by atoms with Gasteiger partial charge in [-0.3, -0.25) is 4.99 Å². The van der Waals surface area contributed by atoms with E-state index in [2.05, 4.69) is 52.0 Å². The van der Waals surface area contributed by atoms with Crippen LogP contribution < -0.4 is 10.2 Å². The van der Waals surface area contributed by atoms with Gasteiger partial charge in [0.2, 0.25) is 0 Å². The first-order valence-corrected chi connectivity index (χ1v) is 10.9. The molecule has 0 aromatic carbocycles. The largest absolute Gasteiger partial charge is 0.354 e. The number of rotatable bonds is 5. The topological polar surface area (TPSA) is 47.0 Å². The van der Waals surface area contributed by atoms with Crippen molar-refractivity contribution in [3.05, 3.63) is 23.9 Å². The van der Waals surface area contributed by atoms with Crippen LogP contribution in [-0.4, -0.2) is 74.1 Å². The lowest BCUT2D eigenvalue weighted by Crippen LogP contribution is -2.49. The highest BCUT2D eigenvalue weighted by atomic mass is 15.3. The number of nitrogens with zero attached hydrogens (tertiary/aromatic N) is 5. The molecule has 0 aliphatic carbocycles. The quantitative estimate of drug-likeness (QED) is 0.623. The van der Waals surface area contributed by atoms with E-state index in [0.29, 0.717) is 5.41 Å². The van der Waals surface area contributed by atoms with Crippen molar-refractivity contribution in [3.63, 3.8) is 0 Å². The van der Waals surface area contributed by atoms with Gasteiger partial charge >= 0.3 is 0 Å². The van der Waals surface area contributed by atoms with Crippen LogP contribution in [0.1, 0.15) is 45.1 Å². The molecule has 0 amide bonds. The van der Waals surface area contributed by atoms with Crippen molar-refractivity contribution in [2.24, 2.45) is 10.4 Å². The lowest BCUT2D eigenvalue weighted by molar-refractivity contribution is 0.142. The number of likely N-dealkylation sites (tertiary alicyclic amines) is 1. The molecule has 28 heavy (non-hydrogen) atoms. The zero-order valence-electron chi connectivity index (χ0n) is 18.2. The van der Waals surface area contributed by atoms with E-state index in [-0.39, 0.29) is 0 Å². The van der Waals surface area contributed by atoms with Crippen LogP contribution in [0.3, 0.4) is 0 Å². The second kappa shape index (κ2) is 9.59. The van der Waals surface area contributed by atoms with Crippen LogP contribution in [0.25, 0.3) is 0 Å². The molecule has 6 nitrogen and oxygen atoms in total. The number of anilines is 1. The van der Waals surface area contributed by atoms with Gasteiger partial charge in [-0.2, -0.15) is 0 Å². The highest BCUT2D eigenvalue weighted by Crippen LogP contribution is 2.34. The van der Waals surface area contributed by atoms with Gasteiger partial charge in [-0.1, -0.05) is 26.3 Å². The summed E-state index contributed by atoms with van der Waals surface area (Å²) in [5.41, 5.74) is 1.66. The maximum absolute atomic E-state index is 4.71. The molecule has 2 aliphatic rings. The molecule has 1 unspecified atom stereocenters. The Morgan fingerprint density at radius 1 is 1.25 bits per heavy atom. The summed E-state index contributed by atoms with van der Waals surface area (Å²) in [6.45, 7) is 11.9. The fourth-order valence-electron chi connectivity index (χ4n) is 4.68. The zero-order chi connectivity index (χ0) is 20.0. The minimum atomic E-state index is 0.407. The summed E-state index contributed by atoms with van der Waals surface area (Å²) >= 11 is 0. The fourth-order valence-corrected chi connectivity index (χ4v) is 4.68. The van der Waals surface area contributed by atoms with E-state index < -0.39 is 0 Å². The number of piperazine rings is 1.